The largest absolute Gasteiger partial charge is 0.573 e. The Bertz CT molecular complexity index is 395. The molecule has 0 saturated heterocycles. The van der Waals surface area contributed by atoms with Crippen molar-refractivity contribution in [3.8, 4) is 11.5 Å². The number of pyridine rings is 1. The number of hydrogen-bond acceptors (Lipinski definition) is 3. The second-order valence-corrected chi connectivity index (χ2v) is 3.60. The van der Waals surface area contributed by atoms with Crippen molar-refractivity contribution in [1.29, 1.82) is 0 Å². The molecule has 0 aliphatic carbocycles. The minimum atomic E-state index is -5.07. The van der Waals surface area contributed by atoms with E-state index in [2.05, 4.69) is 9.72 Å². The summed E-state index contributed by atoms with van der Waals surface area (Å²) in [6.07, 6.45) is -7.65. The summed E-state index contributed by atoms with van der Waals surface area (Å²) in [5.74, 6) is -2.02. The predicted octanol–water partition coefficient (Wildman–Crippen LogP) is 3.23. The standard InChI is InChI=1S/C7H3F5INO2/c8-6(9)4-3(13)5(2(15)1-14-4)16-7(10,11)12/h1,6,15H. The van der Waals surface area contributed by atoms with Gasteiger partial charge in [0, 0.05) is 0 Å². The zero-order valence-corrected chi connectivity index (χ0v) is 9.38. The van der Waals surface area contributed by atoms with E-state index in [1.54, 1.807) is 0 Å². The van der Waals surface area contributed by atoms with Crippen molar-refractivity contribution in [2.24, 2.45) is 0 Å². The molecule has 16 heavy (non-hydrogen) atoms. The normalized spacial score (nSPS) is 11.9. The van der Waals surface area contributed by atoms with Gasteiger partial charge >= 0.3 is 6.36 Å². The van der Waals surface area contributed by atoms with Crippen molar-refractivity contribution in [3.05, 3.63) is 15.5 Å². The molecule has 1 aromatic heterocycles. The van der Waals surface area contributed by atoms with E-state index in [0.29, 0.717) is 6.20 Å². The molecule has 0 fully saturated rings. The van der Waals surface area contributed by atoms with E-state index in [1.807, 2.05) is 0 Å². The van der Waals surface area contributed by atoms with Crippen LogP contribution >= 0.6 is 22.6 Å². The molecule has 0 radical (unpaired) electrons. The van der Waals surface area contributed by atoms with Crippen LogP contribution in [0.3, 0.4) is 0 Å². The average molecular weight is 355 g/mol. The maximum atomic E-state index is 12.3. The van der Waals surface area contributed by atoms with Crippen LogP contribution in [-0.2, 0) is 0 Å². The predicted molar refractivity (Wildman–Crippen MR) is 50.3 cm³/mol. The van der Waals surface area contributed by atoms with Crippen LogP contribution in [0.25, 0.3) is 0 Å². The molecule has 1 aromatic rings. The molecule has 3 nitrogen and oxygen atoms in total. The first-order valence-corrected chi connectivity index (χ1v) is 4.71. The maximum absolute atomic E-state index is 12.3. The topological polar surface area (TPSA) is 42.4 Å². The highest BCUT2D eigenvalue weighted by Crippen LogP contribution is 2.38. The van der Waals surface area contributed by atoms with Crippen LogP contribution < -0.4 is 4.74 Å². The molecule has 0 spiro atoms. The fraction of sp³-hybridized carbons (Fsp3) is 0.286. The molecule has 0 aromatic carbocycles. The third kappa shape index (κ3) is 3.06. The number of nitrogens with zero attached hydrogens (tertiary/aromatic N) is 1. The summed E-state index contributed by atoms with van der Waals surface area (Å²) in [5, 5.41) is 9.02. The van der Waals surface area contributed by atoms with Gasteiger partial charge in [0.2, 0.25) is 0 Å². The number of alkyl halides is 5. The van der Waals surface area contributed by atoms with Crippen LogP contribution in [0.15, 0.2) is 6.20 Å². The lowest BCUT2D eigenvalue weighted by molar-refractivity contribution is -0.275. The Morgan fingerprint density at radius 3 is 2.38 bits per heavy atom. The third-order valence-electron chi connectivity index (χ3n) is 1.41. The van der Waals surface area contributed by atoms with Crippen molar-refractivity contribution in [3.63, 3.8) is 0 Å². The first kappa shape index (κ1) is 13.2. The van der Waals surface area contributed by atoms with Gasteiger partial charge in [0.1, 0.15) is 5.69 Å². The van der Waals surface area contributed by atoms with Crippen LogP contribution in [0.1, 0.15) is 12.1 Å². The van der Waals surface area contributed by atoms with Gasteiger partial charge < -0.3 is 9.84 Å². The van der Waals surface area contributed by atoms with Gasteiger partial charge in [-0.25, -0.2) is 8.78 Å². The number of hydrogen-bond donors (Lipinski definition) is 1. The highest BCUT2D eigenvalue weighted by molar-refractivity contribution is 14.1. The highest BCUT2D eigenvalue weighted by atomic mass is 127. The lowest BCUT2D eigenvalue weighted by atomic mass is 10.3. The van der Waals surface area contributed by atoms with Crippen molar-refractivity contribution < 1.29 is 31.8 Å². The average Bonchev–Trinajstić information content (AvgIpc) is 2.10. The molecule has 0 aliphatic rings. The summed E-state index contributed by atoms with van der Waals surface area (Å²) in [7, 11) is 0. The first-order valence-electron chi connectivity index (χ1n) is 3.63. The van der Waals surface area contributed by atoms with Crippen molar-refractivity contribution in [1.82, 2.24) is 4.98 Å². The quantitative estimate of drug-likeness (QED) is 0.655. The number of aromatic nitrogens is 1. The molecular formula is C7H3F5INO2. The summed E-state index contributed by atoms with van der Waals surface area (Å²) in [5.41, 5.74) is -0.877. The van der Waals surface area contributed by atoms with Gasteiger partial charge in [-0.2, -0.15) is 0 Å². The Labute approximate surface area is 99.4 Å². The van der Waals surface area contributed by atoms with Crippen LogP contribution in [-0.4, -0.2) is 16.5 Å². The monoisotopic (exact) mass is 355 g/mol. The van der Waals surface area contributed by atoms with Crippen LogP contribution in [0.2, 0.25) is 0 Å². The van der Waals surface area contributed by atoms with Crippen molar-refractivity contribution in [2.45, 2.75) is 12.8 Å². The fourth-order valence-electron chi connectivity index (χ4n) is 0.840. The summed E-state index contributed by atoms with van der Waals surface area (Å²) < 4.78 is 63.1. The van der Waals surface area contributed by atoms with E-state index in [4.69, 9.17) is 5.11 Å². The van der Waals surface area contributed by atoms with E-state index in [-0.39, 0.29) is 0 Å². The lowest BCUT2D eigenvalue weighted by Gasteiger charge is -2.13. The molecule has 0 amide bonds. The Balaban J connectivity index is 3.21. The molecule has 0 unspecified atom stereocenters. The zero-order valence-electron chi connectivity index (χ0n) is 7.23. The Hall–Kier alpha value is -0.870. The Morgan fingerprint density at radius 1 is 1.38 bits per heavy atom. The maximum Gasteiger partial charge on any atom is 0.573 e. The summed E-state index contributed by atoms with van der Waals surface area (Å²) in [6, 6.07) is 0. The van der Waals surface area contributed by atoms with E-state index < -0.39 is 33.6 Å². The minimum Gasteiger partial charge on any atom is -0.503 e. The SMILES string of the molecule is Oc1cnc(C(F)F)c(I)c1OC(F)(F)F. The third-order valence-corrected chi connectivity index (χ3v) is 2.45. The molecule has 9 heteroatoms. The van der Waals surface area contributed by atoms with Crippen LogP contribution in [0.4, 0.5) is 22.0 Å². The molecule has 0 atom stereocenters. The number of rotatable bonds is 2. The van der Waals surface area contributed by atoms with Crippen LogP contribution in [0, 0.1) is 3.57 Å². The highest BCUT2D eigenvalue weighted by Gasteiger charge is 2.34. The Morgan fingerprint density at radius 2 is 1.94 bits per heavy atom. The van der Waals surface area contributed by atoms with Crippen molar-refractivity contribution >= 4 is 22.6 Å². The second-order valence-electron chi connectivity index (χ2n) is 2.52. The van der Waals surface area contributed by atoms with E-state index in [0.717, 1.165) is 0 Å². The Kier molecular flexibility index (Phi) is 3.76. The molecule has 1 heterocycles. The zero-order chi connectivity index (χ0) is 12.5. The molecule has 0 saturated carbocycles. The van der Waals surface area contributed by atoms with E-state index >= 15 is 0 Å². The van der Waals surface area contributed by atoms with Gasteiger partial charge in [-0.1, -0.05) is 0 Å². The van der Waals surface area contributed by atoms with Gasteiger partial charge in [0.25, 0.3) is 6.43 Å². The first-order chi connectivity index (χ1) is 7.22. The van der Waals surface area contributed by atoms with Gasteiger partial charge in [-0.15, -0.1) is 13.2 Å². The number of halogens is 6. The number of ether oxygens (including phenoxy) is 1. The van der Waals surface area contributed by atoms with Gasteiger partial charge in [0.05, 0.1) is 9.77 Å². The molecule has 90 valence electrons. The second kappa shape index (κ2) is 4.55. The molecule has 1 rings (SSSR count). The van der Waals surface area contributed by atoms with Gasteiger partial charge in [-0.05, 0) is 22.6 Å². The smallest absolute Gasteiger partial charge is 0.503 e. The van der Waals surface area contributed by atoms with Gasteiger partial charge in [0.15, 0.2) is 11.5 Å². The summed E-state index contributed by atoms with van der Waals surface area (Å²) >= 11 is 1.19. The number of aromatic hydroxyl groups is 1. The van der Waals surface area contributed by atoms with E-state index in [9.17, 15) is 22.0 Å². The molecule has 0 bridgehead atoms. The van der Waals surface area contributed by atoms with Gasteiger partial charge in [-0.3, -0.25) is 4.98 Å². The minimum absolute atomic E-state index is 0.477. The van der Waals surface area contributed by atoms with Crippen molar-refractivity contribution in [2.75, 3.05) is 0 Å². The molecule has 0 aliphatic heterocycles. The summed E-state index contributed by atoms with van der Waals surface area (Å²) in [4.78, 5) is 3.11. The molecule has 1 N–H and O–H groups in total. The van der Waals surface area contributed by atoms with Crippen LogP contribution in [0.5, 0.6) is 11.5 Å². The summed E-state index contributed by atoms with van der Waals surface area (Å²) in [6.45, 7) is 0. The fourth-order valence-corrected chi connectivity index (χ4v) is 1.60. The van der Waals surface area contributed by atoms with E-state index in [1.165, 1.54) is 22.6 Å². The molecular weight excluding hydrogens is 352 g/mol. The lowest BCUT2D eigenvalue weighted by Crippen LogP contribution is -2.18.